The molecular formula is C46H38O17. The van der Waals surface area contributed by atoms with Crippen molar-refractivity contribution >= 4 is 0 Å². The molecule has 6 aromatic rings. The third-order valence-electron chi connectivity index (χ3n) is 12.8. The van der Waals surface area contributed by atoms with Crippen LogP contribution in [0.2, 0.25) is 0 Å². The summed E-state index contributed by atoms with van der Waals surface area (Å²) in [5.41, 5.74) is 0.526. The smallest absolute Gasteiger partial charge is 0.305 e. The van der Waals surface area contributed by atoms with Gasteiger partial charge in [-0.2, -0.15) is 0 Å². The monoisotopic (exact) mass is 862 g/mol. The van der Waals surface area contributed by atoms with Gasteiger partial charge >= 0.3 is 5.79 Å². The van der Waals surface area contributed by atoms with Crippen LogP contribution in [0.1, 0.15) is 73.9 Å². The van der Waals surface area contributed by atoms with Gasteiger partial charge in [0.2, 0.25) is 0 Å². The van der Waals surface area contributed by atoms with E-state index in [2.05, 4.69) is 0 Å². The van der Waals surface area contributed by atoms with Crippen LogP contribution in [0.15, 0.2) is 78.9 Å². The first-order valence-corrected chi connectivity index (χ1v) is 19.6. The third kappa shape index (κ3) is 5.73. The summed E-state index contributed by atoms with van der Waals surface area (Å²) in [5.74, 6) is -12.3. The van der Waals surface area contributed by atoms with Crippen LogP contribution >= 0.6 is 0 Å². The second-order valence-electron chi connectivity index (χ2n) is 16.3. The number of phenolic OH excluding ortho intramolecular Hbond substituents is 11. The zero-order chi connectivity index (χ0) is 44.5. The summed E-state index contributed by atoms with van der Waals surface area (Å²) in [4.78, 5) is 0. The maximum atomic E-state index is 12.6. The van der Waals surface area contributed by atoms with Crippen molar-refractivity contribution in [3.63, 3.8) is 0 Å². The lowest BCUT2D eigenvalue weighted by molar-refractivity contribution is -0.219. The molecule has 0 saturated carbocycles. The number of rotatable bonds is 4. The Morgan fingerprint density at radius 1 is 0.460 bits per heavy atom. The molecule has 0 aromatic heterocycles. The van der Waals surface area contributed by atoms with E-state index in [1.54, 1.807) is 0 Å². The van der Waals surface area contributed by atoms with Crippen molar-refractivity contribution in [2.75, 3.05) is 0 Å². The normalized spacial score (nSPS) is 25.3. The number of fused-ring (bicyclic) bond motifs is 9. The van der Waals surface area contributed by atoms with Crippen molar-refractivity contribution in [3.8, 4) is 80.5 Å². The Balaban J connectivity index is 1.25. The lowest BCUT2D eigenvalue weighted by Gasteiger charge is -2.51. The number of aromatic hydroxyl groups is 11. The molecule has 17 heteroatoms. The Labute approximate surface area is 355 Å². The lowest BCUT2D eigenvalue weighted by Crippen LogP contribution is -2.57. The van der Waals surface area contributed by atoms with Gasteiger partial charge in [-0.3, -0.25) is 0 Å². The highest BCUT2D eigenvalue weighted by molar-refractivity contribution is 5.71. The molecule has 8 atom stereocenters. The molecular weight excluding hydrogens is 824 g/mol. The Bertz CT molecular complexity index is 2910. The van der Waals surface area contributed by atoms with Crippen LogP contribution in [0.3, 0.4) is 0 Å². The molecule has 17 nitrogen and oxygen atoms in total. The average molecular weight is 863 g/mol. The van der Waals surface area contributed by atoms with Gasteiger partial charge in [0.15, 0.2) is 40.6 Å². The number of ether oxygens (including phenoxy) is 3. The molecule has 3 aliphatic heterocycles. The summed E-state index contributed by atoms with van der Waals surface area (Å²) < 4.78 is 19.4. The standard InChI is InChI=1S/C46H38O17/c47-19-10-31(56)37-34(11-19)62-46(18-3-6-25(50)30(55)9-18)45(60)41(37)39-35(63-46)15-33(58)38-40(42(59)43(61-44(38)39)17-2-5-24(49)29(54)8-17)36-22-12-20(16-1-4-23(48)28(53)7-16)26(51)13-21(22)27(52)14-32(36)57/h1-11,14-15,20,26,40-43,45,47-60H,12-13H2/t20?,26?,40?,41-,42+,43-,45-,46+/m1/s1. The Morgan fingerprint density at radius 3 is 1.71 bits per heavy atom. The van der Waals surface area contributed by atoms with E-state index in [1.807, 2.05) is 0 Å². The molecule has 63 heavy (non-hydrogen) atoms. The maximum absolute atomic E-state index is 12.6. The summed E-state index contributed by atoms with van der Waals surface area (Å²) in [6.45, 7) is 0. The summed E-state index contributed by atoms with van der Waals surface area (Å²) in [6.07, 6.45) is -6.60. The second-order valence-corrected chi connectivity index (χ2v) is 16.3. The molecule has 10 rings (SSSR count). The van der Waals surface area contributed by atoms with E-state index in [9.17, 15) is 71.5 Å². The van der Waals surface area contributed by atoms with Gasteiger partial charge < -0.3 is 85.7 Å². The fraction of sp³-hybridized carbons (Fsp3) is 0.217. The van der Waals surface area contributed by atoms with Gasteiger partial charge in [0.25, 0.3) is 0 Å². The molecule has 3 unspecified atom stereocenters. The van der Waals surface area contributed by atoms with E-state index < -0.39 is 105 Å². The van der Waals surface area contributed by atoms with Gasteiger partial charge in [-0.25, -0.2) is 0 Å². The van der Waals surface area contributed by atoms with E-state index in [0.717, 1.165) is 48.5 Å². The largest absolute Gasteiger partial charge is 0.508 e. The van der Waals surface area contributed by atoms with Gasteiger partial charge in [-0.15, -0.1) is 0 Å². The average Bonchev–Trinajstić information content (AvgIpc) is 3.22. The fourth-order valence-electron chi connectivity index (χ4n) is 9.86. The molecule has 1 aliphatic carbocycles. The first-order chi connectivity index (χ1) is 30.0. The van der Waals surface area contributed by atoms with Crippen LogP contribution in [0.25, 0.3) is 0 Å². The number of aliphatic hydroxyl groups is 3. The molecule has 0 spiro atoms. The third-order valence-corrected chi connectivity index (χ3v) is 12.8. The number of aliphatic hydroxyl groups excluding tert-OH is 3. The quantitative estimate of drug-likeness (QED) is 0.109. The van der Waals surface area contributed by atoms with E-state index in [0.29, 0.717) is 5.56 Å². The number of phenols is 11. The zero-order valence-corrected chi connectivity index (χ0v) is 32.4. The highest BCUT2D eigenvalue weighted by atomic mass is 16.7. The van der Waals surface area contributed by atoms with Crippen LogP contribution in [-0.2, 0) is 18.6 Å². The zero-order valence-electron chi connectivity index (χ0n) is 32.4. The van der Waals surface area contributed by atoms with E-state index >= 15 is 0 Å². The minimum Gasteiger partial charge on any atom is -0.508 e. The summed E-state index contributed by atoms with van der Waals surface area (Å²) >= 11 is 0. The first-order valence-electron chi connectivity index (χ1n) is 19.6. The predicted molar refractivity (Wildman–Crippen MR) is 215 cm³/mol. The number of hydrogen-bond acceptors (Lipinski definition) is 17. The summed E-state index contributed by atoms with van der Waals surface area (Å²) in [6, 6.07) is 15.4. The Hall–Kier alpha value is -7.60. The molecule has 0 saturated heterocycles. The van der Waals surface area contributed by atoms with Crippen LogP contribution < -0.4 is 14.2 Å². The molecule has 0 amide bonds. The van der Waals surface area contributed by atoms with Crippen molar-refractivity contribution in [3.05, 3.63) is 129 Å². The molecule has 324 valence electrons. The number of hydrogen-bond donors (Lipinski definition) is 14. The topological polar surface area (TPSA) is 311 Å². The fourth-order valence-corrected chi connectivity index (χ4v) is 9.86. The van der Waals surface area contributed by atoms with Crippen molar-refractivity contribution in [2.24, 2.45) is 0 Å². The van der Waals surface area contributed by atoms with Crippen molar-refractivity contribution in [1.82, 2.24) is 0 Å². The first kappa shape index (κ1) is 39.5. The lowest BCUT2D eigenvalue weighted by atomic mass is 9.69. The van der Waals surface area contributed by atoms with Crippen LogP contribution in [0.4, 0.5) is 0 Å². The van der Waals surface area contributed by atoms with Gasteiger partial charge in [0.05, 0.1) is 17.9 Å². The van der Waals surface area contributed by atoms with E-state index in [4.69, 9.17) is 14.2 Å². The highest BCUT2D eigenvalue weighted by Gasteiger charge is 2.61. The molecule has 0 radical (unpaired) electrons. The van der Waals surface area contributed by atoms with Gasteiger partial charge in [0, 0.05) is 70.0 Å². The second kappa shape index (κ2) is 13.7. The van der Waals surface area contributed by atoms with Crippen LogP contribution in [0.5, 0.6) is 80.5 Å². The minimum absolute atomic E-state index is 0.0330. The van der Waals surface area contributed by atoms with Gasteiger partial charge in [0.1, 0.15) is 58.2 Å². The Morgan fingerprint density at radius 2 is 1.05 bits per heavy atom. The van der Waals surface area contributed by atoms with Gasteiger partial charge in [-0.1, -0.05) is 12.1 Å². The molecule has 2 bridgehead atoms. The molecule has 6 aromatic carbocycles. The Kier molecular flexibility index (Phi) is 8.60. The number of benzene rings is 6. The van der Waals surface area contributed by atoms with E-state index in [1.165, 1.54) is 30.3 Å². The van der Waals surface area contributed by atoms with Crippen molar-refractivity contribution in [1.29, 1.82) is 0 Å². The molecule has 4 aliphatic rings. The van der Waals surface area contributed by atoms with Crippen LogP contribution in [0, 0.1) is 0 Å². The summed E-state index contributed by atoms with van der Waals surface area (Å²) in [7, 11) is 0. The molecule has 14 N–H and O–H groups in total. The van der Waals surface area contributed by atoms with E-state index in [-0.39, 0.29) is 80.3 Å². The molecule has 0 fully saturated rings. The van der Waals surface area contributed by atoms with Crippen LogP contribution in [-0.4, -0.2) is 89.8 Å². The van der Waals surface area contributed by atoms with Gasteiger partial charge in [-0.05, 0) is 65.6 Å². The molecule has 3 heterocycles. The maximum Gasteiger partial charge on any atom is 0.305 e. The minimum atomic E-state index is -2.29. The van der Waals surface area contributed by atoms with Crippen molar-refractivity contribution in [2.45, 2.75) is 60.8 Å². The SMILES string of the molecule is Oc1cc(O)c2c(c1)O[C@@]1(c3ccc(O)c(O)c3)Oc3cc(O)c4c(c3[C@@H]2[C@H]1O)O[C@H](c1ccc(O)c(O)c1)[C@@H](O)C4c1c(O)cc(O)c2c1CC(c1ccc(O)c(O)c1)C(O)C2. The highest BCUT2D eigenvalue weighted by Crippen LogP contribution is 2.65. The van der Waals surface area contributed by atoms with Crippen molar-refractivity contribution < 1.29 is 85.7 Å². The predicted octanol–water partition coefficient (Wildman–Crippen LogP) is 4.45. The summed E-state index contributed by atoms with van der Waals surface area (Å²) in [5, 5.41) is 156.